The van der Waals surface area contributed by atoms with E-state index in [4.69, 9.17) is 19.4 Å². The van der Waals surface area contributed by atoms with Crippen molar-refractivity contribution in [2.45, 2.75) is 32.7 Å². The maximum atomic E-state index is 12.9. The lowest BCUT2D eigenvalue weighted by atomic mass is 10.1. The second-order valence-corrected chi connectivity index (χ2v) is 9.01. The fourth-order valence-electron chi connectivity index (χ4n) is 3.95. The molecule has 3 aromatic carbocycles. The van der Waals surface area contributed by atoms with Crippen LogP contribution in [0.25, 0.3) is 0 Å². The molecule has 0 spiro atoms. The van der Waals surface area contributed by atoms with E-state index in [0.717, 1.165) is 37.6 Å². The molecule has 1 amide bonds. The van der Waals surface area contributed by atoms with Gasteiger partial charge in [0.05, 0.1) is 13.2 Å². The normalized spacial score (nSPS) is 14.5. The number of morpholine rings is 1. The molecule has 0 aromatic heterocycles. The van der Waals surface area contributed by atoms with Gasteiger partial charge in [0.25, 0.3) is 5.91 Å². The number of halogens is 3. The third-order valence-electron chi connectivity index (χ3n) is 6.05. The van der Waals surface area contributed by atoms with Crippen LogP contribution in [-0.2, 0) is 16.1 Å². The first-order chi connectivity index (χ1) is 18.5. The number of carbonyl (C=O) groups is 2. The maximum Gasteiger partial charge on any atom is 0.490 e. The Labute approximate surface area is 225 Å². The van der Waals surface area contributed by atoms with E-state index in [9.17, 15) is 18.0 Å². The number of hydrogen-bond donors (Lipinski definition) is 2. The number of alkyl halides is 3. The summed E-state index contributed by atoms with van der Waals surface area (Å²) in [5.74, 6) is -2.23. The molecule has 2 N–H and O–H groups in total. The average Bonchev–Trinajstić information content (AvgIpc) is 2.92. The Morgan fingerprint density at radius 3 is 2.36 bits per heavy atom. The van der Waals surface area contributed by atoms with Gasteiger partial charge >= 0.3 is 12.1 Å². The Balaban J connectivity index is 0.000000532. The molecule has 1 unspecified atom stereocenters. The molecular weight excluding hydrogens is 513 g/mol. The summed E-state index contributed by atoms with van der Waals surface area (Å²) in [7, 11) is 0. The predicted molar refractivity (Wildman–Crippen MR) is 141 cm³/mol. The van der Waals surface area contributed by atoms with Crippen molar-refractivity contribution in [3.63, 3.8) is 0 Å². The van der Waals surface area contributed by atoms with Crippen LogP contribution >= 0.6 is 0 Å². The molecule has 1 aliphatic rings. The summed E-state index contributed by atoms with van der Waals surface area (Å²) in [6.07, 6.45) is -5.08. The fourth-order valence-corrected chi connectivity index (χ4v) is 3.95. The summed E-state index contributed by atoms with van der Waals surface area (Å²) in [5, 5.41) is 10.2. The minimum Gasteiger partial charge on any atom is -0.489 e. The van der Waals surface area contributed by atoms with E-state index >= 15 is 0 Å². The van der Waals surface area contributed by atoms with Gasteiger partial charge in [0, 0.05) is 30.4 Å². The topological polar surface area (TPSA) is 88.1 Å². The van der Waals surface area contributed by atoms with Crippen molar-refractivity contribution in [2.24, 2.45) is 0 Å². The largest absolute Gasteiger partial charge is 0.490 e. The van der Waals surface area contributed by atoms with E-state index < -0.39 is 12.1 Å². The number of nitrogens with zero attached hydrogens (tertiary/aromatic N) is 1. The molecule has 1 heterocycles. The first-order valence-electron chi connectivity index (χ1n) is 12.3. The number of carboxylic acids is 1. The summed E-state index contributed by atoms with van der Waals surface area (Å²) < 4.78 is 43.1. The lowest BCUT2D eigenvalue weighted by Gasteiger charge is -2.32. The van der Waals surface area contributed by atoms with Gasteiger partial charge in [-0.1, -0.05) is 48.0 Å². The molecule has 10 heteroatoms. The van der Waals surface area contributed by atoms with Crippen LogP contribution in [0.5, 0.6) is 5.75 Å². The Bertz CT molecular complexity index is 1260. The molecular formula is C29H31F3N2O5. The van der Waals surface area contributed by atoms with E-state index in [1.807, 2.05) is 36.4 Å². The zero-order valence-electron chi connectivity index (χ0n) is 21.7. The Hall–Kier alpha value is -3.89. The second-order valence-electron chi connectivity index (χ2n) is 9.01. The zero-order chi connectivity index (χ0) is 28.4. The first-order valence-corrected chi connectivity index (χ1v) is 12.3. The smallest absolute Gasteiger partial charge is 0.489 e. The van der Waals surface area contributed by atoms with E-state index in [1.54, 1.807) is 12.1 Å². The molecule has 7 nitrogen and oxygen atoms in total. The summed E-state index contributed by atoms with van der Waals surface area (Å²) >= 11 is 0. The standard InChI is InChI=1S/C27H30N2O3.C2HF3O2/c1-20-6-3-7-22(16-20)19-32-26-11-5-9-24(18-26)27(30)28-25-10-4-8-23(17-25)21(2)29-12-14-31-15-13-29;3-2(4,5)1(6)7/h3-11,16-18,21H,12-15,19H2,1-2H3,(H,28,30);(H,6,7). The minimum atomic E-state index is -5.08. The van der Waals surface area contributed by atoms with Crippen LogP contribution < -0.4 is 10.1 Å². The van der Waals surface area contributed by atoms with Crippen LogP contribution in [0.3, 0.4) is 0 Å². The van der Waals surface area contributed by atoms with Gasteiger partial charge in [0.1, 0.15) is 12.4 Å². The number of hydrogen-bond acceptors (Lipinski definition) is 5. The molecule has 1 fully saturated rings. The Morgan fingerprint density at radius 2 is 1.69 bits per heavy atom. The summed E-state index contributed by atoms with van der Waals surface area (Å²) in [5.41, 5.74) is 4.84. The third-order valence-corrected chi connectivity index (χ3v) is 6.05. The number of rotatable bonds is 7. The van der Waals surface area contributed by atoms with Crippen molar-refractivity contribution in [3.05, 3.63) is 95.1 Å². The number of ether oxygens (including phenoxy) is 2. The van der Waals surface area contributed by atoms with Crippen molar-refractivity contribution in [3.8, 4) is 5.75 Å². The number of anilines is 1. The zero-order valence-corrected chi connectivity index (χ0v) is 21.7. The second kappa shape index (κ2) is 13.8. The first kappa shape index (κ1) is 29.7. The maximum absolute atomic E-state index is 12.9. The van der Waals surface area contributed by atoms with Gasteiger partial charge in [-0.15, -0.1) is 0 Å². The number of amides is 1. The van der Waals surface area contributed by atoms with Gasteiger partial charge in [-0.25, -0.2) is 4.79 Å². The highest BCUT2D eigenvalue weighted by Gasteiger charge is 2.38. The molecule has 0 saturated carbocycles. The van der Waals surface area contributed by atoms with Gasteiger partial charge in [0.15, 0.2) is 0 Å². The van der Waals surface area contributed by atoms with Gasteiger partial charge in [-0.2, -0.15) is 13.2 Å². The fraction of sp³-hybridized carbons (Fsp3) is 0.310. The van der Waals surface area contributed by atoms with E-state index in [-0.39, 0.29) is 11.9 Å². The number of carbonyl (C=O) groups excluding carboxylic acids is 1. The molecule has 0 aliphatic carbocycles. The molecule has 1 saturated heterocycles. The summed E-state index contributed by atoms with van der Waals surface area (Å²) in [6, 6.07) is 23.9. The van der Waals surface area contributed by atoms with Crippen molar-refractivity contribution < 1.29 is 37.3 Å². The van der Waals surface area contributed by atoms with Crippen molar-refractivity contribution >= 4 is 17.6 Å². The highest BCUT2D eigenvalue weighted by molar-refractivity contribution is 6.04. The molecule has 0 bridgehead atoms. The quantitative estimate of drug-likeness (QED) is 0.388. The van der Waals surface area contributed by atoms with Gasteiger partial charge < -0.3 is 19.9 Å². The summed E-state index contributed by atoms with van der Waals surface area (Å²) in [4.78, 5) is 24.2. The number of aryl methyl sites for hydroxylation is 1. The minimum absolute atomic E-state index is 0.151. The lowest BCUT2D eigenvalue weighted by molar-refractivity contribution is -0.192. The molecule has 1 aliphatic heterocycles. The Kier molecular flexibility index (Phi) is 10.5. The van der Waals surface area contributed by atoms with Gasteiger partial charge in [0.2, 0.25) is 0 Å². The number of nitrogens with one attached hydrogen (secondary N) is 1. The van der Waals surface area contributed by atoms with E-state index in [2.05, 4.69) is 48.3 Å². The number of carboxylic acid groups (broad SMARTS) is 1. The van der Waals surface area contributed by atoms with Crippen LogP contribution in [0.15, 0.2) is 72.8 Å². The highest BCUT2D eigenvalue weighted by atomic mass is 19.4. The van der Waals surface area contributed by atoms with E-state index in [1.165, 1.54) is 11.1 Å². The van der Waals surface area contributed by atoms with Crippen LogP contribution in [0.4, 0.5) is 18.9 Å². The van der Waals surface area contributed by atoms with Crippen LogP contribution in [0, 0.1) is 6.92 Å². The van der Waals surface area contributed by atoms with Crippen LogP contribution in [-0.4, -0.2) is 54.4 Å². The molecule has 4 rings (SSSR count). The van der Waals surface area contributed by atoms with Gasteiger partial charge in [-0.3, -0.25) is 9.69 Å². The van der Waals surface area contributed by atoms with Crippen molar-refractivity contribution in [2.75, 3.05) is 31.6 Å². The highest BCUT2D eigenvalue weighted by Crippen LogP contribution is 2.24. The Morgan fingerprint density at radius 1 is 1.03 bits per heavy atom. The molecule has 3 aromatic rings. The van der Waals surface area contributed by atoms with Crippen LogP contribution in [0.2, 0.25) is 0 Å². The predicted octanol–water partition coefficient (Wildman–Crippen LogP) is 5.85. The number of aliphatic carboxylic acids is 1. The molecule has 208 valence electrons. The van der Waals surface area contributed by atoms with Crippen molar-refractivity contribution in [1.82, 2.24) is 4.90 Å². The molecule has 39 heavy (non-hydrogen) atoms. The van der Waals surface area contributed by atoms with Gasteiger partial charge in [-0.05, 0) is 55.3 Å². The third kappa shape index (κ3) is 9.42. The SMILES string of the molecule is Cc1cccc(COc2cccc(C(=O)Nc3cccc(C(C)N4CCOCC4)c3)c2)c1.O=C(O)C(F)(F)F. The van der Waals surface area contributed by atoms with E-state index in [0.29, 0.717) is 17.9 Å². The average molecular weight is 545 g/mol. The molecule has 0 radical (unpaired) electrons. The molecule has 1 atom stereocenters. The monoisotopic (exact) mass is 544 g/mol. The van der Waals surface area contributed by atoms with Crippen molar-refractivity contribution in [1.29, 1.82) is 0 Å². The lowest BCUT2D eigenvalue weighted by Crippen LogP contribution is -2.38. The van der Waals surface area contributed by atoms with Crippen LogP contribution in [0.1, 0.15) is 40.0 Å². The summed E-state index contributed by atoms with van der Waals surface area (Å²) in [6.45, 7) is 8.10. The number of benzene rings is 3.